The zero-order valence-corrected chi connectivity index (χ0v) is 12.1. The van der Waals surface area contributed by atoms with Gasteiger partial charge in [0.25, 0.3) is 5.91 Å². The molecule has 23 heavy (non-hydrogen) atoms. The van der Waals surface area contributed by atoms with Crippen LogP contribution in [0.15, 0.2) is 36.4 Å². The van der Waals surface area contributed by atoms with Crippen molar-refractivity contribution in [2.45, 2.75) is 6.92 Å². The predicted molar refractivity (Wildman–Crippen MR) is 78.5 cm³/mol. The van der Waals surface area contributed by atoms with Crippen molar-refractivity contribution in [1.29, 1.82) is 0 Å². The van der Waals surface area contributed by atoms with Gasteiger partial charge in [0.1, 0.15) is 0 Å². The maximum atomic E-state index is 13.4. The number of benzene rings is 2. The van der Waals surface area contributed by atoms with Gasteiger partial charge >= 0.3 is 0 Å². The van der Waals surface area contributed by atoms with Crippen molar-refractivity contribution in [2.24, 2.45) is 0 Å². The van der Waals surface area contributed by atoms with Crippen LogP contribution in [0, 0.1) is 24.4 Å². The smallest absolute Gasteiger partial charge is 0.251 e. The standard InChI is InChI=1S/C16H13F3N2O2/c1-9-3-2-4-10(7-9)16(23)20-8-13(22)21-12-6-5-11(17)14(18)15(12)19/h2-7H,8H2,1H3,(H,20,23)(H,21,22). The van der Waals surface area contributed by atoms with Crippen molar-refractivity contribution in [3.05, 3.63) is 65.0 Å². The molecule has 0 aromatic heterocycles. The van der Waals surface area contributed by atoms with E-state index in [1.165, 1.54) is 0 Å². The first-order valence-electron chi connectivity index (χ1n) is 6.66. The maximum Gasteiger partial charge on any atom is 0.251 e. The quantitative estimate of drug-likeness (QED) is 0.851. The molecule has 0 aliphatic carbocycles. The number of carbonyl (C=O) groups is 2. The molecule has 2 rings (SSSR count). The van der Waals surface area contributed by atoms with Crippen LogP contribution in [0.3, 0.4) is 0 Å². The van der Waals surface area contributed by atoms with Crippen LogP contribution in [0.4, 0.5) is 18.9 Å². The molecule has 7 heteroatoms. The summed E-state index contributed by atoms with van der Waals surface area (Å²) in [6, 6.07) is 8.32. The summed E-state index contributed by atoms with van der Waals surface area (Å²) in [6.45, 7) is 1.38. The molecule has 0 radical (unpaired) electrons. The van der Waals surface area contributed by atoms with Crippen LogP contribution in [0.25, 0.3) is 0 Å². The van der Waals surface area contributed by atoms with Gasteiger partial charge in [0.15, 0.2) is 17.5 Å². The molecule has 2 aromatic carbocycles. The molecule has 2 aromatic rings. The molecule has 2 N–H and O–H groups in total. The molecule has 4 nitrogen and oxygen atoms in total. The van der Waals surface area contributed by atoms with Gasteiger partial charge in [-0.2, -0.15) is 0 Å². The second kappa shape index (κ2) is 6.95. The Morgan fingerprint density at radius 1 is 1.04 bits per heavy atom. The summed E-state index contributed by atoms with van der Waals surface area (Å²) < 4.78 is 39.2. The molecule has 0 saturated carbocycles. The minimum absolute atomic E-state index is 0.372. The Balaban J connectivity index is 1.95. The molecule has 0 atom stereocenters. The summed E-state index contributed by atoms with van der Waals surface area (Å²) in [5.41, 5.74) is 0.751. The predicted octanol–water partition coefficient (Wildman–Crippen LogP) is 2.78. The maximum absolute atomic E-state index is 13.4. The van der Waals surface area contributed by atoms with Crippen molar-refractivity contribution >= 4 is 17.5 Å². The zero-order valence-electron chi connectivity index (χ0n) is 12.1. The number of rotatable bonds is 4. The lowest BCUT2D eigenvalue weighted by Gasteiger charge is -2.09. The second-order valence-corrected chi connectivity index (χ2v) is 4.82. The van der Waals surface area contributed by atoms with E-state index in [4.69, 9.17) is 0 Å². The van der Waals surface area contributed by atoms with Gasteiger partial charge in [0.05, 0.1) is 12.2 Å². The lowest BCUT2D eigenvalue weighted by molar-refractivity contribution is -0.115. The Bertz CT molecular complexity index is 763. The Kier molecular flexibility index (Phi) is 5.00. The fourth-order valence-electron chi connectivity index (χ4n) is 1.87. The third-order valence-electron chi connectivity index (χ3n) is 3.00. The minimum atomic E-state index is -1.67. The molecule has 0 spiro atoms. The molecule has 120 valence electrons. The van der Waals surface area contributed by atoms with Gasteiger partial charge in [-0.3, -0.25) is 9.59 Å². The number of carbonyl (C=O) groups excluding carboxylic acids is 2. The van der Waals surface area contributed by atoms with E-state index in [9.17, 15) is 22.8 Å². The Labute approximate surface area is 130 Å². The van der Waals surface area contributed by atoms with Crippen molar-refractivity contribution in [2.75, 3.05) is 11.9 Å². The van der Waals surface area contributed by atoms with E-state index in [0.29, 0.717) is 11.6 Å². The molecule has 0 aliphatic rings. The summed E-state index contributed by atoms with van der Waals surface area (Å²) in [6.07, 6.45) is 0. The highest BCUT2D eigenvalue weighted by Gasteiger charge is 2.15. The highest BCUT2D eigenvalue weighted by atomic mass is 19.2. The highest BCUT2D eigenvalue weighted by Crippen LogP contribution is 2.19. The van der Waals surface area contributed by atoms with E-state index in [0.717, 1.165) is 11.6 Å². The number of amides is 2. The molecule has 0 fully saturated rings. The number of halogens is 3. The monoisotopic (exact) mass is 322 g/mol. The van der Waals surface area contributed by atoms with Crippen molar-refractivity contribution < 1.29 is 22.8 Å². The van der Waals surface area contributed by atoms with Crippen LogP contribution in [0.1, 0.15) is 15.9 Å². The fourth-order valence-corrected chi connectivity index (χ4v) is 1.87. The van der Waals surface area contributed by atoms with Crippen LogP contribution in [-0.2, 0) is 4.79 Å². The molecule has 0 unspecified atom stereocenters. The number of hydrogen-bond acceptors (Lipinski definition) is 2. The van der Waals surface area contributed by atoms with Gasteiger partial charge in [-0.25, -0.2) is 13.2 Å². The lowest BCUT2D eigenvalue weighted by Crippen LogP contribution is -2.33. The van der Waals surface area contributed by atoms with Crippen LogP contribution >= 0.6 is 0 Å². The van der Waals surface area contributed by atoms with Gasteiger partial charge in [-0.05, 0) is 31.2 Å². The van der Waals surface area contributed by atoms with Crippen LogP contribution in [-0.4, -0.2) is 18.4 Å². The number of anilines is 1. The van der Waals surface area contributed by atoms with Gasteiger partial charge in [-0.15, -0.1) is 0 Å². The van der Waals surface area contributed by atoms with Crippen molar-refractivity contribution in [1.82, 2.24) is 5.32 Å². The van der Waals surface area contributed by atoms with Gasteiger partial charge in [0, 0.05) is 5.56 Å². The zero-order chi connectivity index (χ0) is 17.0. The Hall–Kier alpha value is -2.83. The Morgan fingerprint density at radius 2 is 1.78 bits per heavy atom. The van der Waals surface area contributed by atoms with Gasteiger partial charge < -0.3 is 10.6 Å². The molecule has 2 amide bonds. The first-order valence-corrected chi connectivity index (χ1v) is 6.66. The Morgan fingerprint density at radius 3 is 2.48 bits per heavy atom. The number of aryl methyl sites for hydroxylation is 1. The molecule has 0 aliphatic heterocycles. The summed E-state index contributed by atoms with van der Waals surface area (Å²) in [4.78, 5) is 23.5. The van der Waals surface area contributed by atoms with Crippen LogP contribution < -0.4 is 10.6 Å². The van der Waals surface area contributed by atoms with Crippen LogP contribution in [0.5, 0.6) is 0 Å². The SMILES string of the molecule is Cc1cccc(C(=O)NCC(=O)Nc2ccc(F)c(F)c2F)c1. The summed E-state index contributed by atoms with van der Waals surface area (Å²) >= 11 is 0. The van der Waals surface area contributed by atoms with E-state index in [1.54, 1.807) is 18.2 Å². The number of hydrogen-bond donors (Lipinski definition) is 2. The van der Waals surface area contributed by atoms with E-state index < -0.39 is 41.5 Å². The van der Waals surface area contributed by atoms with E-state index >= 15 is 0 Å². The second-order valence-electron chi connectivity index (χ2n) is 4.82. The van der Waals surface area contributed by atoms with E-state index in [2.05, 4.69) is 10.6 Å². The van der Waals surface area contributed by atoms with E-state index in [1.807, 2.05) is 13.0 Å². The third-order valence-corrected chi connectivity index (χ3v) is 3.00. The molecular weight excluding hydrogens is 309 g/mol. The molecule has 0 heterocycles. The average Bonchev–Trinajstić information content (AvgIpc) is 2.53. The molecule has 0 saturated heterocycles. The first kappa shape index (κ1) is 16.5. The van der Waals surface area contributed by atoms with Gasteiger partial charge in [-0.1, -0.05) is 17.7 Å². The first-order chi connectivity index (χ1) is 10.9. The van der Waals surface area contributed by atoms with Crippen molar-refractivity contribution in [3.8, 4) is 0 Å². The molecule has 0 bridgehead atoms. The van der Waals surface area contributed by atoms with Crippen LogP contribution in [0.2, 0.25) is 0 Å². The highest BCUT2D eigenvalue weighted by molar-refractivity contribution is 5.99. The minimum Gasteiger partial charge on any atom is -0.343 e. The normalized spacial score (nSPS) is 10.3. The number of nitrogens with one attached hydrogen (secondary N) is 2. The topological polar surface area (TPSA) is 58.2 Å². The summed E-state index contributed by atoms with van der Waals surface area (Å²) in [5, 5.41) is 4.41. The average molecular weight is 322 g/mol. The summed E-state index contributed by atoms with van der Waals surface area (Å²) in [7, 11) is 0. The van der Waals surface area contributed by atoms with E-state index in [-0.39, 0.29) is 0 Å². The largest absolute Gasteiger partial charge is 0.343 e. The molecular formula is C16H13F3N2O2. The van der Waals surface area contributed by atoms with Gasteiger partial charge in [0.2, 0.25) is 5.91 Å². The summed E-state index contributed by atoms with van der Waals surface area (Å²) in [5.74, 6) is -5.77. The third kappa shape index (κ3) is 4.09. The lowest BCUT2D eigenvalue weighted by atomic mass is 10.1. The van der Waals surface area contributed by atoms with Crippen molar-refractivity contribution in [3.63, 3.8) is 0 Å². The fraction of sp³-hybridized carbons (Fsp3) is 0.125.